The highest BCUT2D eigenvalue weighted by Crippen LogP contribution is 2.33. The molecule has 1 amide bonds. The number of carbonyl (C=O) groups excluding carboxylic acids is 1. The van der Waals surface area contributed by atoms with Gasteiger partial charge in [0.1, 0.15) is 5.75 Å². The van der Waals surface area contributed by atoms with Crippen LogP contribution in [0.5, 0.6) is 5.75 Å². The molecule has 0 unspecified atom stereocenters. The van der Waals surface area contributed by atoms with Crippen LogP contribution in [0, 0.1) is 6.92 Å². The van der Waals surface area contributed by atoms with Crippen molar-refractivity contribution in [3.05, 3.63) is 23.8 Å². The Hall–Kier alpha value is -1.26. The highest BCUT2D eigenvalue weighted by molar-refractivity contribution is 6.00. The van der Waals surface area contributed by atoms with E-state index in [1.54, 1.807) is 7.11 Å². The maximum absolute atomic E-state index is 11.7. The maximum atomic E-state index is 11.7. The molecule has 5 heteroatoms. The molecule has 17 heavy (non-hydrogen) atoms. The summed E-state index contributed by atoms with van der Waals surface area (Å²) < 4.78 is 5.10. The van der Waals surface area contributed by atoms with Gasteiger partial charge in [0.2, 0.25) is 5.91 Å². The molecule has 1 aliphatic carbocycles. The molecule has 0 heterocycles. The molecule has 1 fully saturated rings. The molecule has 0 aliphatic heterocycles. The van der Waals surface area contributed by atoms with Gasteiger partial charge >= 0.3 is 0 Å². The number of halogens is 1. The summed E-state index contributed by atoms with van der Waals surface area (Å²) in [7, 11) is 1.62. The van der Waals surface area contributed by atoms with E-state index in [0.29, 0.717) is 0 Å². The Labute approximate surface area is 107 Å². The van der Waals surface area contributed by atoms with Crippen molar-refractivity contribution in [1.82, 2.24) is 0 Å². The van der Waals surface area contributed by atoms with Crippen LogP contribution in [0.4, 0.5) is 5.69 Å². The summed E-state index contributed by atoms with van der Waals surface area (Å²) in [5.41, 5.74) is 6.94. The van der Waals surface area contributed by atoms with Gasteiger partial charge in [0.25, 0.3) is 0 Å². The van der Waals surface area contributed by atoms with Crippen LogP contribution in [0.2, 0.25) is 0 Å². The lowest BCUT2D eigenvalue weighted by Gasteiger charge is -2.12. The number of hydrogen-bond donors (Lipinski definition) is 2. The van der Waals surface area contributed by atoms with Gasteiger partial charge in [0, 0.05) is 5.69 Å². The third-order valence-electron chi connectivity index (χ3n) is 2.92. The molecule has 0 radical (unpaired) electrons. The van der Waals surface area contributed by atoms with Crippen LogP contribution in [0.15, 0.2) is 18.2 Å². The molecule has 1 aliphatic rings. The lowest BCUT2D eigenvalue weighted by molar-refractivity contribution is -0.118. The predicted octanol–water partition coefficient (Wildman–Crippen LogP) is 1.86. The van der Waals surface area contributed by atoms with Crippen LogP contribution in [0.25, 0.3) is 0 Å². The Kier molecular flexibility index (Phi) is 4.01. The average Bonchev–Trinajstić information content (AvgIpc) is 3.01. The van der Waals surface area contributed by atoms with E-state index >= 15 is 0 Å². The monoisotopic (exact) mass is 256 g/mol. The van der Waals surface area contributed by atoms with Gasteiger partial charge in [0.15, 0.2) is 0 Å². The van der Waals surface area contributed by atoms with Crippen molar-refractivity contribution in [2.24, 2.45) is 5.73 Å². The fraction of sp³-hybridized carbons (Fsp3) is 0.417. The summed E-state index contributed by atoms with van der Waals surface area (Å²) >= 11 is 0. The third kappa shape index (κ3) is 2.90. The standard InChI is InChI=1S/C12H16N2O2.ClH/c1-8-7-9(16-2)3-4-10(8)14-11(15)12(13)5-6-12;/h3-4,7H,5-6,13H2,1-2H3,(H,14,15);1H. The number of aryl methyl sites for hydroxylation is 1. The van der Waals surface area contributed by atoms with Crippen molar-refractivity contribution in [2.45, 2.75) is 25.3 Å². The van der Waals surface area contributed by atoms with Crippen LogP contribution >= 0.6 is 12.4 Å². The molecule has 1 aromatic carbocycles. The minimum atomic E-state index is -0.633. The lowest BCUT2D eigenvalue weighted by Crippen LogP contribution is -2.37. The smallest absolute Gasteiger partial charge is 0.244 e. The first-order valence-electron chi connectivity index (χ1n) is 5.30. The number of benzene rings is 1. The Morgan fingerprint density at radius 3 is 2.59 bits per heavy atom. The number of amides is 1. The number of methoxy groups -OCH3 is 1. The van der Waals surface area contributed by atoms with Gasteiger partial charge in [-0.1, -0.05) is 0 Å². The molecule has 0 saturated heterocycles. The number of rotatable bonds is 3. The normalized spacial score (nSPS) is 15.7. The molecule has 4 nitrogen and oxygen atoms in total. The molecule has 1 aromatic rings. The van der Waals surface area contributed by atoms with Crippen LogP contribution in [-0.2, 0) is 4.79 Å². The Morgan fingerprint density at radius 2 is 2.12 bits per heavy atom. The summed E-state index contributed by atoms with van der Waals surface area (Å²) in [6.45, 7) is 1.92. The van der Waals surface area contributed by atoms with E-state index < -0.39 is 5.54 Å². The van der Waals surface area contributed by atoms with Gasteiger partial charge in [-0.25, -0.2) is 0 Å². The molecular formula is C12H17ClN2O2. The van der Waals surface area contributed by atoms with E-state index in [1.807, 2.05) is 25.1 Å². The summed E-state index contributed by atoms with van der Waals surface area (Å²) in [4.78, 5) is 11.7. The summed E-state index contributed by atoms with van der Waals surface area (Å²) in [6, 6.07) is 5.53. The second kappa shape index (κ2) is 4.94. The van der Waals surface area contributed by atoms with E-state index in [9.17, 15) is 4.79 Å². The molecule has 94 valence electrons. The average molecular weight is 257 g/mol. The van der Waals surface area contributed by atoms with E-state index in [0.717, 1.165) is 29.8 Å². The highest BCUT2D eigenvalue weighted by Gasteiger charge is 2.45. The number of carbonyl (C=O) groups is 1. The van der Waals surface area contributed by atoms with Crippen molar-refractivity contribution in [3.63, 3.8) is 0 Å². The van der Waals surface area contributed by atoms with Crippen LogP contribution < -0.4 is 15.8 Å². The van der Waals surface area contributed by atoms with Crippen molar-refractivity contribution >= 4 is 24.0 Å². The maximum Gasteiger partial charge on any atom is 0.244 e. The fourth-order valence-electron chi connectivity index (χ4n) is 1.51. The lowest BCUT2D eigenvalue weighted by atomic mass is 10.1. The van der Waals surface area contributed by atoms with Crippen molar-refractivity contribution in [1.29, 1.82) is 0 Å². The zero-order chi connectivity index (χ0) is 11.8. The van der Waals surface area contributed by atoms with Gasteiger partial charge in [-0.15, -0.1) is 12.4 Å². The molecule has 1 saturated carbocycles. The molecule has 2 rings (SSSR count). The van der Waals surface area contributed by atoms with E-state index in [4.69, 9.17) is 10.5 Å². The highest BCUT2D eigenvalue weighted by atomic mass is 35.5. The first kappa shape index (κ1) is 13.8. The van der Waals surface area contributed by atoms with E-state index in [1.165, 1.54) is 0 Å². The minimum Gasteiger partial charge on any atom is -0.497 e. The van der Waals surface area contributed by atoms with Crippen molar-refractivity contribution in [2.75, 3.05) is 12.4 Å². The molecule has 0 bridgehead atoms. The van der Waals surface area contributed by atoms with Gasteiger partial charge in [-0.05, 0) is 43.5 Å². The van der Waals surface area contributed by atoms with Crippen molar-refractivity contribution < 1.29 is 9.53 Å². The van der Waals surface area contributed by atoms with Gasteiger partial charge < -0.3 is 15.8 Å². The largest absolute Gasteiger partial charge is 0.497 e. The Balaban J connectivity index is 0.00000144. The van der Waals surface area contributed by atoms with Gasteiger partial charge in [-0.3, -0.25) is 4.79 Å². The van der Waals surface area contributed by atoms with Crippen LogP contribution in [0.1, 0.15) is 18.4 Å². The van der Waals surface area contributed by atoms with Crippen molar-refractivity contribution in [3.8, 4) is 5.75 Å². The second-order valence-corrected chi connectivity index (χ2v) is 4.29. The summed E-state index contributed by atoms with van der Waals surface area (Å²) in [5, 5.41) is 2.84. The van der Waals surface area contributed by atoms with Gasteiger partial charge in [0.05, 0.1) is 12.6 Å². The third-order valence-corrected chi connectivity index (χ3v) is 2.92. The first-order valence-corrected chi connectivity index (χ1v) is 5.30. The number of nitrogens with two attached hydrogens (primary N) is 1. The molecule has 0 atom stereocenters. The zero-order valence-corrected chi connectivity index (χ0v) is 10.8. The molecule has 3 N–H and O–H groups in total. The Bertz CT molecular complexity index is 431. The molecular weight excluding hydrogens is 240 g/mol. The topological polar surface area (TPSA) is 64.3 Å². The predicted molar refractivity (Wildman–Crippen MR) is 69.8 cm³/mol. The van der Waals surface area contributed by atoms with E-state index in [2.05, 4.69) is 5.32 Å². The number of ether oxygens (including phenoxy) is 1. The van der Waals surface area contributed by atoms with Gasteiger partial charge in [-0.2, -0.15) is 0 Å². The second-order valence-electron chi connectivity index (χ2n) is 4.29. The quantitative estimate of drug-likeness (QED) is 0.868. The first-order chi connectivity index (χ1) is 7.55. The summed E-state index contributed by atoms with van der Waals surface area (Å²) in [5.74, 6) is 0.685. The Morgan fingerprint density at radius 1 is 1.47 bits per heavy atom. The molecule has 0 aromatic heterocycles. The number of hydrogen-bond acceptors (Lipinski definition) is 3. The number of anilines is 1. The zero-order valence-electron chi connectivity index (χ0n) is 9.95. The van der Waals surface area contributed by atoms with E-state index in [-0.39, 0.29) is 18.3 Å². The number of nitrogens with one attached hydrogen (secondary N) is 1. The minimum absolute atomic E-state index is 0. The summed E-state index contributed by atoms with van der Waals surface area (Å²) in [6.07, 6.45) is 1.54. The fourth-order valence-corrected chi connectivity index (χ4v) is 1.51. The van der Waals surface area contributed by atoms with Crippen LogP contribution in [-0.4, -0.2) is 18.6 Å². The molecule has 0 spiro atoms. The van der Waals surface area contributed by atoms with Crippen LogP contribution in [0.3, 0.4) is 0 Å². The SMILES string of the molecule is COc1ccc(NC(=O)C2(N)CC2)c(C)c1.Cl.